The molecular weight excluding hydrogens is 236 g/mol. The van der Waals surface area contributed by atoms with Crippen LogP contribution in [0.1, 0.15) is 37.3 Å². The first-order chi connectivity index (χ1) is 9.26. The van der Waals surface area contributed by atoms with Gasteiger partial charge in [-0.3, -0.25) is 4.90 Å². The van der Waals surface area contributed by atoms with Crippen LogP contribution in [0, 0.1) is 5.92 Å². The van der Waals surface area contributed by atoms with Crippen LogP contribution in [-0.4, -0.2) is 25.1 Å². The van der Waals surface area contributed by atoms with Crippen LogP contribution in [0.25, 0.3) is 0 Å². The van der Waals surface area contributed by atoms with Gasteiger partial charge < -0.3 is 10.5 Å². The first-order valence-corrected chi connectivity index (χ1v) is 7.35. The maximum atomic E-state index is 5.78. The van der Waals surface area contributed by atoms with E-state index in [1.54, 1.807) is 7.11 Å². The minimum atomic E-state index is 0.536. The number of hydrogen-bond donors (Lipinski definition) is 1. The molecule has 1 fully saturated rings. The van der Waals surface area contributed by atoms with Gasteiger partial charge in [0.25, 0.3) is 0 Å². The molecule has 0 aliphatic carbocycles. The van der Waals surface area contributed by atoms with Crippen LogP contribution in [0.3, 0.4) is 0 Å². The van der Waals surface area contributed by atoms with Crippen molar-refractivity contribution in [1.82, 2.24) is 4.90 Å². The fourth-order valence-electron chi connectivity index (χ4n) is 2.98. The van der Waals surface area contributed by atoms with E-state index >= 15 is 0 Å². The van der Waals surface area contributed by atoms with Crippen molar-refractivity contribution in [1.29, 1.82) is 0 Å². The van der Waals surface area contributed by atoms with Crippen molar-refractivity contribution < 1.29 is 4.74 Å². The van der Waals surface area contributed by atoms with Gasteiger partial charge in [0, 0.05) is 25.2 Å². The standard InChI is InChI=1S/C16H26N2O/c1-3-13-5-4-8-18(11-13)12-14-6-7-16(19-2)15(9-14)10-17/h6-7,9,13H,3-5,8,10-12,17H2,1-2H3. The van der Waals surface area contributed by atoms with E-state index in [1.807, 2.05) is 6.07 Å². The molecule has 0 bridgehead atoms. The molecule has 106 valence electrons. The number of nitrogens with two attached hydrogens (primary N) is 1. The molecule has 1 aromatic carbocycles. The molecule has 0 saturated carbocycles. The van der Waals surface area contributed by atoms with Crippen molar-refractivity contribution >= 4 is 0 Å². The smallest absolute Gasteiger partial charge is 0.123 e. The lowest BCUT2D eigenvalue weighted by molar-refractivity contribution is 0.164. The lowest BCUT2D eigenvalue weighted by Gasteiger charge is -2.32. The molecule has 3 heteroatoms. The fourth-order valence-corrected chi connectivity index (χ4v) is 2.98. The number of methoxy groups -OCH3 is 1. The zero-order chi connectivity index (χ0) is 13.7. The van der Waals surface area contributed by atoms with E-state index in [2.05, 4.69) is 24.0 Å². The molecule has 1 unspecified atom stereocenters. The number of benzene rings is 1. The number of rotatable bonds is 5. The van der Waals surface area contributed by atoms with E-state index in [0.29, 0.717) is 6.54 Å². The zero-order valence-corrected chi connectivity index (χ0v) is 12.2. The molecule has 1 aliphatic rings. The van der Waals surface area contributed by atoms with Crippen LogP contribution < -0.4 is 10.5 Å². The van der Waals surface area contributed by atoms with Gasteiger partial charge in [-0.2, -0.15) is 0 Å². The largest absolute Gasteiger partial charge is 0.496 e. The third kappa shape index (κ3) is 3.71. The topological polar surface area (TPSA) is 38.5 Å². The summed E-state index contributed by atoms with van der Waals surface area (Å²) in [6.45, 7) is 6.33. The molecule has 1 saturated heterocycles. The average molecular weight is 262 g/mol. The number of likely N-dealkylation sites (tertiary alicyclic amines) is 1. The highest BCUT2D eigenvalue weighted by atomic mass is 16.5. The van der Waals surface area contributed by atoms with E-state index in [1.165, 1.54) is 37.9 Å². The highest BCUT2D eigenvalue weighted by Crippen LogP contribution is 2.23. The number of piperidine rings is 1. The van der Waals surface area contributed by atoms with Gasteiger partial charge in [0.2, 0.25) is 0 Å². The molecule has 0 spiro atoms. The summed E-state index contributed by atoms with van der Waals surface area (Å²) in [4.78, 5) is 2.57. The Bertz CT molecular complexity index is 406. The summed E-state index contributed by atoms with van der Waals surface area (Å²) >= 11 is 0. The lowest BCUT2D eigenvalue weighted by atomic mass is 9.95. The average Bonchev–Trinajstić information content (AvgIpc) is 2.47. The maximum Gasteiger partial charge on any atom is 0.123 e. The van der Waals surface area contributed by atoms with Crippen molar-refractivity contribution in [3.05, 3.63) is 29.3 Å². The van der Waals surface area contributed by atoms with E-state index in [9.17, 15) is 0 Å². The van der Waals surface area contributed by atoms with Gasteiger partial charge in [0.1, 0.15) is 5.75 Å². The monoisotopic (exact) mass is 262 g/mol. The Morgan fingerprint density at radius 1 is 1.42 bits per heavy atom. The van der Waals surface area contributed by atoms with Crippen LogP contribution in [0.15, 0.2) is 18.2 Å². The van der Waals surface area contributed by atoms with E-state index in [-0.39, 0.29) is 0 Å². The molecule has 2 rings (SSSR count). The van der Waals surface area contributed by atoms with Gasteiger partial charge >= 0.3 is 0 Å². The first-order valence-electron chi connectivity index (χ1n) is 7.35. The molecule has 2 N–H and O–H groups in total. The van der Waals surface area contributed by atoms with Crippen molar-refractivity contribution in [2.45, 2.75) is 39.3 Å². The third-order valence-electron chi connectivity index (χ3n) is 4.15. The third-order valence-corrected chi connectivity index (χ3v) is 4.15. The van der Waals surface area contributed by atoms with E-state index in [0.717, 1.165) is 23.8 Å². The van der Waals surface area contributed by atoms with Gasteiger partial charge in [-0.1, -0.05) is 19.4 Å². The highest BCUT2D eigenvalue weighted by molar-refractivity contribution is 5.37. The van der Waals surface area contributed by atoms with Gasteiger partial charge in [-0.05, 0) is 43.0 Å². The molecular formula is C16H26N2O. The van der Waals surface area contributed by atoms with E-state index in [4.69, 9.17) is 10.5 Å². The van der Waals surface area contributed by atoms with Crippen molar-refractivity contribution in [3.8, 4) is 5.75 Å². The van der Waals surface area contributed by atoms with Crippen molar-refractivity contribution in [3.63, 3.8) is 0 Å². The van der Waals surface area contributed by atoms with Crippen LogP contribution in [-0.2, 0) is 13.1 Å². The van der Waals surface area contributed by atoms with Crippen LogP contribution in [0.5, 0.6) is 5.75 Å². The normalized spacial score (nSPS) is 20.5. The Kier molecular flexibility index (Phi) is 5.23. The second-order valence-corrected chi connectivity index (χ2v) is 5.50. The summed E-state index contributed by atoms with van der Waals surface area (Å²) in [5.74, 6) is 1.78. The van der Waals surface area contributed by atoms with Crippen LogP contribution in [0.2, 0.25) is 0 Å². The second-order valence-electron chi connectivity index (χ2n) is 5.50. The van der Waals surface area contributed by atoms with Crippen molar-refractivity contribution in [2.24, 2.45) is 11.7 Å². The minimum Gasteiger partial charge on any atom is -0.496 e. The molecule has 19 heavy (non-hydrogen) atoms. The molecule has 1 aromatic rings. The number of nitrogens with zero attached hydrogens (tertiary/aromatic N) is 1. The summed E-state index contributed by atoms with van der Waals surface area (Å²) in [7, 11) is 1.70. The molecule has 1 atom stereocenters. The molecule has 1 heterocycles. The lowest BCUT2D eigenvalue weighted by Crippen LogP contribution is -2.34. The van der Waals surface area contributed by atoms with Gasteiger partial charge in [0.05, 0.1) is 7.11 Å². The summed E-state index contributed by atoms with van der Waals surface area (Å²) in [6, 6.07) is 6.39. The Labute approximate surface area is 116 Å². The quantitative estimate of drug-likeness (QED) is 0.887. The van der Waals surface area contributed by atoms with Crippen molar-refractivity contribution in [2.75, 3.05) is 20.2 Å². The SMILES string of the molecule is CCC1CCCN(Cc2ccc(OC)c(CN)c2)C1. The first kappa shape index (κ1) is 14.4. The summed E-state index contributed by atoms with van der Waals surface area (Å²) in [6.07, 6.45) is 4.02. The highest BCUT2D eigenvalue weighted by Gasteiger charge is 2.18. The summed E-state index contributed by atoms with van der Waals surface area (Å²) in [5.41, 5.74) is 8.22. The molecule has 3 nitrogen and oxygen atoms in total. The Hall–Kier alpha value is -1.06. The molecule has 0 aromatic heterocycles. The van der Waals surface area contributed by atoms with E-state index < -0.39 is 0 Å². The van der Waals surface area contributed by atoms with Gasteiger partial charge in [-0.15, -0.1) is 0 Å². The van der Waals surface area contributed by atoms with Gasteiger partial charge in [0.15, 0.2) is 0 Å². The summed E-state index contributed by atoms with van der Waals surface area (Å²) in [5, 5.41) is 0. The Morgan fingerprint density at radius 2 is 2.26 bits per heavy atom. The predicted octanol–water partition coefficient (Wildman–Crippen LogP) is 2.78. The Morgan fingerprint density at radius 3 is 2.95 bits per heavy atom. The molecule has 1 aliphatic heterocycles. The maximum absolute atomic E-state index is 5.78. The minimum absolute atomic E-state index is 0.536. The van der Waals surface area contributed by atoms with Gasteiger partial charge in [-0.25, -0.2) is 0 Å². The zero-order valence-electron chi connectivity index (χ0n) is 12.2. The van der Waals surface area contributed by atoms with Crippen LogP contribution in [0.4, 0.5) is 0 Å². The second kappa shape index (κ2) is 6.92. The number of ether oxygens (including phenoxy) is 1. The fraction of sp³-hybridized carbons (Fsp3) is 0.625. The predicted molar refractivity (Wildman–Crippen MR) is 79.2 cm³/mol. The summed E-state index contributed by atoms with van der Waals surface area (Å²) < 4.78 is 5.32. The number of hydrogen-bond acceptors (Lipinski definition) is 3. The Balaban J connectivity index is 2.02. The van der Waals surface area contributed by atoms with Crippen LogP contribution >= 0.6 is 0 Å². The molecule has 0 radical (unpaired) electrons. The molecule has 0 amide bonds.